The van der Waals surface area contributed by atoms with Gasteiger partial charge in [0, 0.05) is 34.1 Å². The van der Waals surface area contributed by atoms with Crippen molar-refractivity contribution in [2.24, 2.45) is 0 Å². The SMILES string of the molecule is Cc1ccc(NCC(c2ccc(-c3ccc(O)cc3)s2)P2(=O)N[C@@H](C)[C@@H](C)N2)c(C)n1. The molecule has 0 amide bonds. The Labute approximate surface area is 187 Å². The van der Waals surface area contributed by atoms with Crippen LogP contribution in [0, 0.1) is 13.8 Å². The van der Waals surface area contributed by atoms with Crippen molar-refractivity contribution in [3.8, 4) is 16.2 Å². The van der Waals surface area contributed by atoms with Gasteiger partial charge in [0.2, 0.25) is 7.44 Å². The zero-order valence-electron chi connectivity index (χ0n) is 18.2. The summed E-state index contributed by atoms with van der Waals surface area (Å²) in [5, 5.41) is 19.8. The Kier molecular flexibility index (Phi) is 6.22. The highest BCUT2D eigenvalue weighted by atomic mass is 32.1. The van der Waals surface area contributed by atoms with E-state index >= 15 is 0 Å². The maximum atomic E-state index is 14.0. The molecule has 6 nitrogen and oxygen atoms in total. The van der Waals surface area contributed by atoms with Crippen LogP contribution in [0.4, 0.5) is 5.69 Å². The fourth-order valence-electron chi connectivity index (χ4n) is 3.85. The Hall–Kier alpha value is -2.18. The maximum Gasteiger partial charge on any atom is 0.221 e. The van der Waals surface area contributed by atoms with Crippen molar-refractivity contribution < 1.29 is 9.67 Å². The molecule has 4 N–H and O–H groups in total. The van der Waals surface area contributed by atoms with Crippen LogP contribution in [0.15, 0.2) is 48.5 Å². The summed E-state index contributed by atoms with van der Waals surface area (Å²) in [5.74, 6) is 0.247. The number of aromatic nitrogens is 1. The highest BCUT2D eigenvalue weighted by Gasteiger charge is 2.43. The number of aromatic hydroxyl groups is 1. The molecule has 1 saturated heterocycles. The lowest BCUT2D eigenvalue weighted by molar-refractivity contribution is 0.475. The number of nitrogens with zero attached hydrogens (tertiary/aromatic N) is 1. The molecule has 1 fully saturated rings. The predicted molar refractivity (Wildman–Crippen MR) is 129 cm³/mol. The third kappa shape index (κ3) is 4.70. The average Bonchev–Trinajstić information content (AvgIpc) is 3.29. The van der Waals surface area contributed by atoms with Gasteiger partial charge in [0.25, 0.3) is 0 Å². The number of aryl methyl sites for hydroxylation is 2. The fourth-order valence-corrected chi connectivity index (χ4v) is 8.33. The minimum absolute atomic E-state index is 0.132. The van der Waals surface area contributed by atoms with Crippen LogP contribution in [-0.4, -0.2) is 28.7 Å². The third-order valence-electron chi connectivity index (χ3n) is 5.80. The zero-order valence-corrected chi connectivity index (χ0v) is 19.9. The first-order valence-electron chi connectivity index (χ1n) is 10.5. The van der Waals surface area contributed by atoms with Crippen LogP contribution in [0.3, 0.4) is 0 Å². The van der Waals surface area contributed by atoms with Crippen LogP contribution in [-0.2, 0) is 4.57 Å². The number of phenolic OH excluding ortho intramolecular Hbond substituents is 1. The monoisotopic (exact) mass is 456 g/mol. The molecule has 164 valence electrons. The molecule has 2 aromatic heterocycles. The van der Waals surface area contributed by atoms with Gasteiger partial charge >= 0.3 is 0 Å². The number of phenols is 1. The van der Waals surface area contributed by atoms with Gasteiger partial charge in [-0.15, -0.1) is 11.3 Å². The molecule has 1 aliphatic heterocycles. The molecule has 4 rings (SSSR count). The lowest BCUT2D eigenvalue weighted by atomic mass is 10.2. The van der Waals surface area contributed by atoms with E-state index in [1.807, 2.05) is 38.1 Å². The van der Waals surface area contributed by atoms with E-state index in [9.17, 15) is 9.67 Å². The van der Waals surface area contributed by atoms with Crippen molar-refractivity contribution in [3.63, 3.8) is 0 Å². The van der Waals surface area contributed by atoms with Crippen molar-refractivity contribution in [1.29, 1.82) is 0 Å². The molecule has 0 radical (unpaired) electrons. The van der Waals surface area contributed by atoms with Crippen LogP contribution in [0.2, 0.25) is 0 Å². The Bertz CT molecular complexity index is 1100. The summed E-state index contributed by atoms with van der Waals surface area (Å²) >= 11 is 1.64. The smallest absolute Gasteiger partial charge is 0.221 e. The topological polar surface area (TPSA) is 86.3 Å². The number of nitrogens with one attached hydrogen (secondary N) is 3. The highest BCUT2D eigenvalue weighted by Crippen LogP contribution is 2.57. The van der Waals surface area contributed by atoms with Gasteiger partial charge in [-0.05, 0) is 81.8 Å². The molecular formula is C23H29N4O2PS. The maximum absolute atomic E-state index is 14.0. The van der Waals surface area contributed by atoms with E-state index in [4.69, 9.17) is 0 Å². The van der Waals surface area contributed by atoms with Gasteiger partial charge < -0.3 is 10.4 Å². The van der Waals surface area contributed by atoms with E-state index in [1.165, 1.54) is 0 Å². The number of hydrogen-bond acceptors (Lipinski definition) is 5. The number of thiophene rings is 1. The predicted octanol–water partition coefficient (Wildman–Crippen LogP) is 5.45. The summed E-state index contributed by atoms with van der Waals surface area (Å²) < 4.78 is 14.0. The van der Waals surface area contributed by atoms with Crippen LogP contribution in [0.1, 0.15) is 35.8 Å². The Morgan fingerprint density at radius 1 is 1.06 bits per heavy atom. The van der Waals surface area contributed by atoms with Gasteiger partial charge in [-0.25, -0.2) is 0 Å². The molecule has 1 aliphatic rings. The molecular weight excluding hydrogens is 427 g/mol. The first-order chi connectivity index (χ1) is 14.7. The number of hydrogen-bond donors (Lipinski definition) is 4. The summed E-state index contributed by atoms with van der Waals surface area (Å²) in [5.41, 5.74) is 3.68. The number of benzene rings is 1. The van der Waals surface area contributed by atoms with Crippen molar-refractivity contribution in [1.82, 2.24) is 15.2 Å². The second-order valence-electron chi connectivity index (χ2n) is 8.22. The van der Waals surface area contributed by atoms with Crippen molar-refractivity contribution >= 4 is 24.5 Å². The molecule has 2 unspecified atom stereocenters. The summed E-state index contributed by atoms with van der Waals surface area (Å²) in [6.07, 6.45) is 0. The van der Waals surface area contributed by atoms with Gasteiger partial charge in [0.05, 0.1) is 17.0 Å². The van der Waals surface area contributed by atoms with Crippen LogP contribution in [0.25, 0.3) is 10.4 Å². The van der Waals surface area contributed by atoms with Gasteiger partial charge in [0.1, 0.15) is 5.75 Å². The van der Waals surface area contributed by atoms with E-state index in [1.54, 1.807) is 23.5 Å². The normalized spacial score (nSPS) is 24.3. The lowest BCUT2D eigenvalue weighted by Gasteiger charge is -2.25. The standard InChI is InChI=1S/C23H29N4O2PS/c1-14-5-10-20(17(4)25-14)24-13-21(30(29)26-15(2)16(3)27-30)23-12-11-22(31-23)18-6-8-19(28)9-7-18/h5-12,15-16,21,24,28H,13H2,1-4H3,(H2,26,27,29)/t15-,16+,21?,30?. The molecule has 1 aromatic carbocycles. The summed E-state index contributed by atoms with van der Waals surface area (Å²) in [6.45, 7) is 8.61. The third-order valence-corrected chi connectivity index (χ3v) is 10.1. The van der Waals surface area contributed by atoms with E-state index in [-0.39, 0.29) is 23.5 Å². The van der Waals surface area contributed by atoms with E-state index in [0.29, 0.717) is 6.54 Å². The van der Waals surface area contributed by atoms with Crippen LogP contribution < -0.4 is 15.5 Å². The van der Waals surface area contributed by atoms with Crippen LogP contribution >= 0.6 is 18.8 Å². The average molecular weight is 457 g/mol. The van der Waals surface area contributed by atoms with Crippen molar-refractivity contribution in [2.45, 2.75) is 45.4 Å². The van der Waals surface area contributed by atoms with E-state index in [2.05, 4.69) is 46.5 Å². The second-order valence-corrected chi connectivity index (χ2v) is 11.8. The molecule has 0 bridgehead atoms. The summed E-state index contributed by atoms with van der Waals surface area (Å²) in [7, 11) is -2.87. The minimum Gasteiger partial charge on any atom is -0.508 e. The van der Waals surface area contributed by atoms with Gasteiger partial charge in [-0.2, -0.15) is 0 Å². The zero-order chi connectivity index (χ0) is 22.2. The first-order valence-corrected chi connectivity index (χ1v) is 13.1. The van der Waals surface area contributed by atoms with Crippen molar-refractivity contribution in [2.75, 3.05) is 11.9 Å². The quantitative estimate of drug-likeness (QED) is 0.369. The lowest BCUT2D eigenvalue weighted by Crippen LogP contribution is -2.26. The largest absolute Gasteiger partial charge is 0.508 e. The summed E-state index contributed by atoms with van der Waals surface area (Å²) in [4.78, 5) is 6.67. The van der Waals surface area contributed by atoms with Crippen molar-refractivity contribution in [3.05, 3.63) is 64.8 Å². The number of rotatable bonds is 6. The highest BCUT2D eigenvalue weighted by molar-refractivity contribution is 7.61. The van der Waals surface area contributed by atoms with E-state index in [0.717, 1.165) is 32.4 Å². The summed E-state index contributed by atoms with van der Waals surface area (Å²) in [6, 6.07) is 15.6. The first kappa shape index (κ1) is 22.0. The van der Waals surface area contributed by atoms with Gasteiger partial charge in [-0.3, -0.25) is 19.7 Å². The molecule has 0 saturated carbocycles. The fraction of sp³-hybridized carbons (Fsp3) is 0.348. The van der Waals surface area contributed by atoms with E-state index < -0.39 is 7.44 Å². The Morgan fingerprint density at radius 3 is 2.39 bits per heavy atom. The molecule has 0 spiro atoms. The van der Waals surface area contributed by atoms with Crippen LogP contribution in [0.5, 0.6) is 5.75 Å². The molecule has 3 aromatic rings. The number of pyridine rings is 1. The molecule has 8 heteroatoms. The van der Waals surface area contributed by atoms with Gasteiger partial charge in [0.15, 0.2) is 0 Å². The molecule has 3 heterocycles. The Balaban J connectivity index is 1.64. The Morgan fingerprint density at radius 2 is 1.74 bits per heavy atom. The number of anilines is 1. The van der Waals surface area contributed by atoms with Gasteiger partial charge in [-0.1, -0.05) is 0 Å². The second kappa shape index (κ2) is 8.75. The molecule has 4 atom stereocenters. The molecule has 0 aliphatic carbocycles. The molecule has 31 heavy (non-hydrogen) atoms. The minimum atomic E-state index is -2.87.